The molecule has 4 rings (SSSR count). The number of rotatable bonds is 5. The average Bonchev–Trinajstić information content (AvgIpc) is 3.43. The maximum atomic E-state index is 13.4. The van der Waals surface area contributed by atoms with Gasteiger partial charge in [0.25, 0.3) is 11.8 Å². The maximum Gasteiger partial charge on any atom is 0.417 e. The molecule has 0 spiro atoms. The molecule has 1 aliphatic rings. The monoisotopic (exact) mass is 543 g/mol. The summed E-state index contributed by atoms with van der Waals surface area (Å²) in [6.07, 6.45) is -4.66. The summed E-state index contributed by atoms with van der Waals surface area (Å²) in [5.41, 5.74) is 0.215. The van der Waals surface area contributed by atoms with E-state index in [1.54, 1.807) is 19.9 Å². The Morgan fingerprint density at radius 3 is 2.18 bits per heavy atom. The van der Waals surface area contributed by atoms with Gasteiger partial charge in [0.2, 0.25) is 5.91 Å². The molecule has 2 N–H and O–H groups in total. The lowest BCUT2D eigenvalue weighted by Gasteiger charge is -2.44. The molecule has 1 saturated heterocycles. The third-order valence-corrected chi connectivity index (χ3v) is 6.26. The minimum absolute atomic E-state index is 0.126. The molecule has 39 heavy (non-hydrogen) atoms. The van der Waals surface area contributed by atoms with Gasteiger partial charge in [-0.1, -0.05) is 56.3 Å². The van der Waals surface area contributed by atoms with Crippen LogP contribution in [0, 0.1) is 0 Å². The minimum Gasteiger partial charge on any atom is -0.342 e. The molecule has 1 aromatic heterocycles. The second-order valence-corrected chi connectivity index (χ2v) is 8.97. The fourth-order valence-corrected chi connectivity index (χ4v) is 4.54. The summed E-state index contributed by atoms with van der Waals surface area (Å²) in [7, 11) is 0. The highest BCUT2D eigenvalue weighted by Crippen LogP contribution is 2.33. The van der Waals surface area contributed by atoms with Gasteiger partial charge in [0.15, 0.2) is 0 Å². The van der Waals surface area contributed by atoms with Gasteiger partial charge < -0.3 is 15.1 Å². The highest BCUT2D eigenvalue weighted by atomic mass is 19.4. The molecule has 1 aliphatic heterocycles. The quantitative estimate of drug-likeness (QED) is 0.491. The van der Waals surface area contributed by atoms with Crippen LogP contribution in [0.4, 0.5) is 13.2 Å². The number of nitrogens with one attached hydrogen (secondary N) is 2. The summed E-state index contributed by atoms with van der Waals surface area (Å²) in [4.78, 5) is 41.3. The van der Waals surface area contributed by atoms with Crippen molar-refractivity contribution in [1.29, 1.82) is 0 Å². The Bertz CT molecular complexity index is 1280. The number of amides is 3. The number of benzene rings is 2. The fourth-order valence-electron chi connectivity index (χ4n) is 4.54. The van der Waals surface area contributed by atoms with Crippen molar-refractivity contribution in [2.45, 2.75) is 46.0 Å². The van der Waals surface area contributed by atoms with E-state index >= 15 is 0 Å². The Balaban J connectivity index is 0.00000205. The van der Waals surface area contributed by atoms with Crippen molar-refractivity contribution >= 4 is 17.7 Å². The smallest absolute Gasteiger partial charge is 0.342 e. The number of H-pyrrole nitrogens is 1. The third kappa shape index (κ3) is 6.84. The zero-order valence-electron chi connectivity index (χ0n) is 22.2. The molecule has 3 aromatic rings. The molecule has 0 aliphatic carbocycles. The molecular weight excluding hydrogens is 511 g/mol. The van der Waals surface area contributed by atoms with Crippen molar-refractivity contribution in [3.8, 4) is 11.3 Å². The summed E-state index contributed by atoms with van der Waals surface area (Å²) in [6.45, 7) is 7.34. The molecule has 0 radical (unpaired) electrons. The predicted octanol–water partition coefficient (Wildman–Crippen LogP) is 4.61. The van der Waals surface area contributed by atoms with Gasteiger partial charge >= 0.3 is 6.18 Å². The highest BCUT2D eigenvalue weighted by molar-refractivity contribution is 5.97. The van der Waals surface area contributed by atoms with Gasteiger partial charge in [0.1, 0.15) is 5.69 Å². The fraction of sp³-hybridized carbons (Fsp3) is 0.357. The van der Waals surface area contributed by atoms with Crippen LogP contribution in [0.2, 0.25) is 0 Å². The molecule has 208 valence electrons. The number of alkyl halides is 3. The van der Waals surface area contributed by atoms with Crippen LogP contribution in [-0.2, 0) is 11.0 Å². The zero-order valence-corrected chi connectivity index (χ0v) is 22.2. The first-order chi connectivity index (χ1) is 18.6. The molecule has 11 heteroatoms. The zero-order chi connectivity index (χ0) is 28.7. The Morgan fingerprint density at radius 2 is 1.56 bits per heavy atom. The molecule has 2 heterocycles. The minimum atomic E-state index is -4.66. The van der Waals surface area contributed by atoms with Gasteiger partial charge in [-0.05, 0) is 32.0 Å². The van der Waals surface area contributed by atoms with E-state index in [0.717, 1.165) is 17.7 Å². The summed E-state index contributed by atoms with van der Waals surface area (Å²) < 4.78 is 40.3. The standard InChI is InChI=1S/C26H26F3N5O3.C2H6/c1-16-14-33(15-17(2)34(16)25(37)19-10-6-7-11-20(19)26(27,28)29)23(35)13-30-24(36)22-12-21(31-32-22)18-8-4-3-5-9-18;1-2/h3-12,16-17H,13-15H2,1-2H3,(H,30,36)(H,31,32);1-2H3. The van der Waals surface area contributed by atoms with E-state index in [1.807, 2.05) is 44.2 Å². The Labute approximate surface area is 225 Å². The van der Waals surface area contributed by atoms with Crippen LogP contribution in [0.25, 0.3) is 11.3 Å². The molecule has 8 nitrogen and oxygen atoms in total. The van der Waals surface area contributed by atoms with E-state index in [0.29, 0.717) is 5.69 Å². The van der Waals surface area contributed by atoms with E-state index in [9.17, 15) is 27.6 Å². The molecule has 2 atom stereocenters. The number of carbonyl (C=O) groups excluding carboxylic acids is 3. The Morgan fingerprint density at radius 1 is 0.974 bits per heavy atom. The van der Waals surface area contributed by atoms with Gasteiger partial charge in [-0.3, -0.25) is 19.5 Å². The number of halogens is 3. The van der Waals surface area contributed by atoms with Crippen LogP contribution in [0.1, 0.15) is 54.1 Å². The van der Waals surface area contributed by atoms with Gasteiger partial charge in [-0.15, -0.1) is 0 Å². The topological polar surface area (TPSA) is 98.4 Å². The maximum absolute atomic E-state index is 13.4. The lowest BCUT2D eigenvalue weighted by atomic mass is 10.0. The van der Waals surface area contributed by atoms with Crippen molar-refractivity contribution in [2.75, 3.05) is 19.6 Å². The van der Waals surface area contributed by atoms with Gasteiger partial charge in [-0.2, -0.15) is 18.3 Å². The van der Waals surface area contributed by atoms with Crippen LogP contribution in [0.5, 0.6) is 0 Å². The third-order valence-electron chi connectivity index (χ3n) is 6.26. The largest absolute Gasteiger partial charge is 0.417 e. The van der Waals surface area contributed by atoms with Gasteiger partial charge in [-0.25, -0.2) is 0 Å². The number of aromatic nitrogens is 2. The van der Waals surface area contributed by atoms with Gasteiger partial charge in [0, 0.05) is 30.7 Å². The molecule has 2 unspecified atom stereocenters. The second kappa shape index (κ2) is 12.6. The van der Waals surface area contributed by atoms with E-state index in [1.165, 1.54) is 21.9 Å². The molecule has 0 bridgehead atoms. The first-order valence-corrected chi connectivity index (χ1v) is 12.7. The van der Waals surface area contributed by atoms with Crippen LogP contribution < -0.4 is 5.32 Å². The summed E-state index contributed by atoms with van der Waals surface area (Å²) >= 11 is 0. The highest BCUT2D eigenvalue weighted by Gasteiger charge is 2.40. The number of hydrogen-bond donors (Lipinski definition) is 2. The summed E-state index contributed by atoms with van der Waals surface area (Å²) in [5, 5.41) is 9.35. The lowest BCUT2D eigenvalue weighted by Crippen LogP contribution is -2.60. The molecule has 2 aromatic carbocycles. The van der Waals surface area contributed by atoms with E-state index < -0.39 is 41.2 Å². The predicted molar refractivity (Wildman–Crippen MR) is 141 cm³/mol. The Hall–Kier alpha value is -4.15. The number of carbonyl (C=O) groups is 3. The first-order valence-electron chi connectivity index (χ1n) is 12.7. The SMILES string of the molecule is CC.CC1CN(C(=O)CNC(=O)c2cc(-c3ccccc3)n[nH]2)CC(C)N1C(=O)c1ccccc1C(F)(F)F. The second-order valence-electron chi connectivity index (χ2n) is 8.97. The summed E-state index contributed by atoms with van der Waals surface area (Å²) in [5.74, 6) is -1.60. The number of hydrogen-bond acceptors (Lipinski definition) is 4. The van der Waals surface area contributed by atoms with E-state index in [4.69, 9.17) is 0 Å². The number of nitrogens with zero attached hydrogens (tertiary/aromatic N) is 3. The van der Waals surface area contributed by atoms with Crippen molar-refractivity contribution in [2.24, 2.45) is 0 Å². The number of aromatic amines is 1. The van der Waals surface area contributed by atoms with Crippen molar-refractivity contribution < 1.29 is 27.6 Å². The first kappa shape index (κ1) is 29.4. The van der Waals surface area contributed by atoms with Crippen LogP contribution >= 0.6 is 0 Å². The van der Waals surface area contributed by atoms with Crippen molar-refractivity contribution in [1.82, 2.24) is 25.3 Å². The Kier molecular flexibility index (Phi) is 9.50. The molecular formula is C28H32F3N5O3. The van der Waals surface area contributed by atoms with Crippen LogP contribution in [0.3, 0.4) is 0 Å². The molecule has 1 fully saturated rings. The average molecular weight is 544 g/mol. The van der Waals surface area contributed by atoms with E-state index in [-0.39, 0.29) is 31.2 Å². The van der Waals surface area contributed by atoms with Crippen molar-refractivity contribution in [3.05, 3.63) is 77.5 Å². The molecule has 0 saturated carbocycles. The van der Waals surface area contributed by atoms with Gasteiger partial charge in [0.05, 0.1) is 23.4 Å². The molecule has 3 amide bonds. The summed E-state index contributed by atoms with van der Waals surface area (Å²) in [6, 6.07) is 14.5. The normalized spacial score (nSPS) is 17.2. The van der Waals surface area contributed by atoms with Crippen LogP contribution in [0.15, 0.2) is 60.7 Å². The van der Waals surface area contributed by atoms with Crippen molar-refractivity contribution in [3.63, 3.8) is 0 Å². The lowest BCUT2D eigenvalue weighted by molar-refractivity contribution is -0.138. The van der Waals surface area contributed by atoms with E-state index in [2.05, 4.69) is 15.5 Å². The number of piperazine rings is 1. The van der Waals surface area contributed by atoms with Crippen LogP contribution in [-0.4, -0.2) is 69.4 Å².